The molecular weight excluding hydrogens is 204 g/mol. The van der Waals surface area contributed by atoms with Crippen LogP contribution in [0, 0.1) is 6.92 Å². The molecule has 16 heavy (non-hydrogen) atoms. The van der Waals surface area contributed by atoms with Gasteiger partial charge in [-0.05, 0) is 26.0 Å². The third-order valence-corrected chi connectivity index (χ3v) is 2.31. The number of rotatable bonds is 2. The van der Waals surface area contributed by atoms with Crippen LogP contribution >= 0.6 is 0 Å². The maximum atomic E-state index is 8.71. The smallest absolute Gasteiger partial charge is 0.139 e. The molecule has 82 valence electrons. The van der Waals surface area contributed by atoms with Gasteiger partial charge in [0, 0.05) is 23.7 Å². The number of aromatic nitrogens is 3. The van der Waals surface area contributed by atoms with Crippen molar-refractivity contribution >= 4 is 5.71 Å². The Labute approximate surface area is 92.9 Å². The summed E-state index contributed by atoms with van der Waals surface area (Å²) in [4.78, 5) is 11.5. The van der Waals surface area contributed by atoms with Gasteiger partial charge in [-0.15, -0.1) is 0 Å². The highest BCUT2D eigenvalue weighted by Crippen LogP contribution is 2.16. The van der Waals surface area contributed by atoms with Crippen LogP contribution < -0.4 is 0 Å². The SMILES string of the molecule is C/C(=N\O)c1nc(-c2cccnc2)[nH]c1C. The highest BCUT2D eigenvalue weighted by molar-refractivity contribution is 5.98. The minimum atomic E-state index is 0.490. The van der Waals surface area contributed by atoms with E-state index in [0.29, 0.717) is 11.4 Å². The molecule has 0 unspecified atom stereocenters. The topological polar surface area (TPSA) is 74.2 Å². The van der Waals surface area contributed by atoms with Gasteiger partial charge in [0.15, 0.2) is 0 Å². The van der Waals surface area contributed by atoms with Gasteiger partial charge in [0.1, 0.15) is 17.2 Å². The van der Waals surface area contributed by atoms with Crippen LogP contribution in [0.15, 0.2) is 29.7 Å². The predicted molar refractivity (Wildman–Crippen MR) is 60.6 cm³/mol. The van der Waals surface area contributed by atoms with Crippen molar-refractivity contribution in [3.63, 3.8) is 0 Å². The van der Waals surface area contributed by atoms with Crippen LogP contribution in [0.5, 0.6) is 0 Å². The Hall–Kier alpha value is -2.17. The molecule has 2 aromatic rings. The molecule has 0 aliphatic rings. The summed E-state index contributed by atoms with van der Waals surface area (Å²) in [5, 5.41) is 11.9. The van der Waals surface area contributed by atoms with Crippen LogP contribution in [-0.2, 0) is 0 Å². The Morgan fingerprint density at radius 1 is 1.50 bits per heavy atom. The molecule has 0 radical (unpaired) electrons. The molecule has 0 amide bonds. The molecular formula is C11H12N4O. The first-order chi connectivity index (χ1) is 7.72. The number of hydrogen-bond donors (Lipinski definition) is 2. The summed E-state index contributed by atoms with van der Waals surface area (Å²) in [5.74, 6) is 0.726. The van der Waals surface area contributed by atoms with E-state index in [9.17, 15) is 0 Å². The van der Waals surface area contributed by atoms with E-state index in [2.05, 4.69) is 20.1 Å². The third-order valence-electron chi connectivity index (χ3n) is 2.31. The van der Waals surface area contributed by atoms with E-state index in [4.69, 9.17) is 5.21 Å². The molecule has 0 aliphatic carbocycles. The lowest BCUT2D eigenvalue weighted by Gasteiger charge is -1.93. The predicted octanol–water partition coefficient (Wildman–Crippen LogP) is 1.98. The van der Waals surface area contributed by atoms with Crippen molar-refractivity contribution in [3.05, 3.63) is 35.9 Å². The largest absolute Gasteiger partial charge is 0.411 e. The van der Waals surface area contributed by atoms with E-state index >= 15 is 0 Å². The molecule has 5 nitrogen and oxygen atoms in total. The molecule has 0 atom stereocenters. The van der Waals surface area contributed by atoms with Crippen molar-refractivity contribution in [3.8, 4) is 11.4 Å². The average Bonchev–Trinajstić information content (AvgIpc) is 2.71. The van der Waals surface area contributed by atoms with Crippen molar-refractivity contribution in [2.45, 2.75) is 13.8 Å². The number of nitrogens with zero attached hydrogens (tertiary/aromatic N) is 3. The first-order valence-electron chi connectivity index (χ1n) is 4.88. The van der Waals surface area contributed by atoms with Crippen molar-refractivity contribution in [2.75, 3.05) is 0 Å². The fourth-order valence-corrected chi connectivity index (χ4v) is 1.50. The molecule has 2 heterocycles. The zero-order chi connectivity index (χ0) is 11.5. The number of H-pyrrole nitrogens is 1. The average molecular weight is 216 g/mol. The Balaban J connectivity index is 2.46. The number of aromatic amines is 1. The van der Waals surface area contributed by atoms with Gasteiger partial charge in [0.25, 0.3) is 0 Å². The highest BCUT2D eigenvalue weighted by Gasteiger charge is 2.10. The van der Waals surface area contributed by atoms with E-state index < -0.39 is 0 Å². The lowest BCUT2D eigenvalue weighted by molar-refractivity contribution is 0.319. The van der Waals surface area contributed by atoms with E-state index in [0.717, 1.165) is 17.1 Å². The zero-order valence-corrected chi connectivity index (χ0v) is 9.10. The van der Waals surface area contributed by atoms with Crippen molar-refractivity contribution in [1.82, 2.24) is 15.0 Å². The van der Waals surface area contributed by atoms with E-state index in [1.165, 1.54) is 0 Å². The monoisotopic (exact) mass is 216 g/mol. The second-order valence-electron chi connectivity index (χ2n) is 3.49. The molecule has 2 rings (SSSR count). The van der Waals surface area contributed by atoms with Crippen LogP contribution in [0.3, 0.4) is 0 Å². The minimum absolute atomic E-state index is 0.490. The zero-order valence-electron chi connectivity index (χ0n) is 9.10. The van der Waals surface area contributed by atoms with Gasteiger partial charge >= 0.3 is 0 Å². The number of nitrogens with one attached hydrogen (secondary N) is 1. The third kappa shape index (κ3) is 1.79. The van der Waals surface area contributed by atoms with Gasteiger partial charge in [0.05, 0.1) is 0 Å². The molecule has 0 saturated carbocycles. The van der Waals surface area contributed by atoms with Gasteiger partial charge in [-0.2, -0.15) is 0 Å². The molecule has 0 fully saturated rings. The van der Waals surface area contributed by atoms with Gasteiger partial charge in [0.2, 0.25) is 0 Å². The summed E-state index contributed by atoms with van der Waals surface area (Å²) in [5.41, 5.74) is 2.93. The van der Waals surface area contributed by atoms with E-state index in [1.807, 2.05) is 19.1 Å². The molecule has 0 spiro atoms. The van der Waals surface area contributed by atoms with Crippen LogP contribution in [0.2, 0.25) is 0 Å². The normalized spacial score (nSPS) is 11.8. The van der Waals surface area contributed by atoms with Crippen molar-refractivity contribution in [1.29, 1.82) is 0 Å². The molecule has 0 saturated heterocycles. The van der Waals surface area contributed by atoms with Crippen molar-refractivity contribution in [2.24, 2.45) is 5.16 Å². The highest BCUT2D eigenvalue weighted by atomic mass is 16.4. The molecule has 0 aromatic carbocycles. The second kappa shape index (κ2) is 4.14. The number of imidazole rings is 1. The van der Waals surface area contributed by atoms with E-state index in [-0.39, 0.29) is 0 Å². The van der Waals surface area contributed by atoms with E-state index in [1.54, 1.807) is 19.3 Å². The molecule has 5 heteroatoms. The quantitative estimate of drug-likeness (QED) is 0.458. The second-order valence-corrected chi connectivity index (χ2v) is 3.49. The van der Waals surface area contributed by atoms with Gasteiger partial charge in [-0.1, -0.05) is 5.16 Å². The fourth-order valence-electron chi connectivity index (χ4n) is 1.50. The summed E-state index contributed by atoms with van der Waals surface area (Å²) >= 11 is 0. The Morgan fingerprint density at radius 2 is 2.31 bits per heavy atom. The lowest BCUT2D eigenvalue weighted by Crippen LogP contribution is -1.97. The molecule has 0 aliphatic heterocycles. The summed E-state index contributed by atoms with van der Waals surface area (Å²) in [6.07, 6.45) is 3.44. The summed E-state index contributed by atoms with van der Waals surface area (Å²) in [7, 11) is 0. The summed E-state index contributed by atoms with van der Waals surface area (Å²) in [6, 6.07) is 3.76. The van der Waals surface area contributed by atoms with Crippen LogP contribution in [0.1, 0.15) is 18.3 Å². The number of aryl methyl sites for hydroxylation is 1. The lowest BCUT2D eigenvalue weighted by atomic mass is 10.2. The minimum Gasteiger partial charge on any atom is -0.411 e. The molecule has 2 aromatic heterocycles. The number of pyridine rings is 1. The number of hydrogen-bond acceptors (Lipinski definition) is 4. The molecule has 0 bridgehead atoms. The first kappa shape index (κ1) is 10.4. The first-order valence-corrected chi connectivity index (χ1v) is 4.88. The van der Waals surface area contributed by atoms with Gasteiger partial charge < -0.3 is 10.2 Å². The van der Waals surface area contributed by atoms with Crippen LogP contribution in [0.4, 0.5) is 0 Å². The standard InChI is InChI=1S/C11H12N4O/c1-7-10(8(2)15-16)14-11(13-7)9-4-3-5-12-6-9/h3-6,16H,1-2H3,(H,13,14)/b15-8+. The molecule has 2 N–H and O–H groups in total. The van der Waals surface area contributed by atoms with Gasteiger partial charge in [-0.25, -0.2) is 4.98 Å². The van der Waals surface area contributed by atoms with Crippen molar-refractivity contribution < 1.29 is 5.21 Å². The van der Waals surface area contributed by atoms with Crippen LogP contribution in [-0.4, -0.2) is 25.9 Å². The Morgan fingerprint density at radius 3 is 2.94 bits per heavy atom. The number of oxime groups is 1. The Bertz CT molecular complexity index is 516. The van der Waals surface area contributed by atoms with Crippen LogP contribution in [0.25, 0.3) is 11.4 Å². The maximum Gasteiger partial charge on any atom is 0.139 e. The summed E-state index contributed by atoms with van der Waals surface area (Å²) in [6.45, 7) is 3.59. The Kier molecular flexibility index (Phi) is 2.68. The fraction of sp³-hybridized carbons (Fsp3) is 0.182. The maximum absolute atomic E-state index is 8.71. The summed E-state index contributed by atoms with van der Waals surface area (Å²) < 4.78 is 0. The van der Waals surface area contributed by atoms with Gasteiger partial charge in [-0.3, -0.25) is 4.98 Å².